The van der Waals surface area contributed by atoms with E-state index in [0.29, 0.717) is 0 Å². The SMILES string of the molecule is C[C@]1(O)C(c2ccccc2)=CC=C[C@@]1(C)O. The lowest BCUT2D eigenvalue weighted by Crippen LogP contribution is -2.50. The van der Waals surface area contributed by atoms with Crippen LogP contribution < -0.4 is 0 Å². The van der Waals surface area contributed by atoms with Crippen LogP contribution in [-0.2, 0) is 0 Å². The van der Waals surface area contributed by atoms with Gasteiger partial charge in [-0.15, -0.1) is 0 Å². The average molecular weight is 216 g/mol. The number of aliphatic hydroxyl groups is 2. The van der Waals surface area contributed by atoms with E-state index < -0.39 is 11.2 Å². The van der Waals surface area contributed by atoms with Gasteiger partial charge in [0.2, 0.25) is 0 Å². The molecule has 0 saturated carbocycles. The van der Waals surface area contributed by atoms with Gasteiger partial charge < -0.3 is 10.2 Å². The van der Waals surface area contributed by atoms with Crippen LogP contribution in [0.5, 0.6) is 0 Å². The summed E-state index contributed by atoms with van der Waals surface area (Å²) < 4.78 is 0. The number of hydrogen-bond acceptors (Lipinski definition) is 2. The van der Waals surface area contributed by atoms with Crippen LogP contribution in [-0.4, -0.2) is 21.4 Å². The van der Waals surface area contributed by atoms with Crippen molar-refractivity contribution in [3.8, 4) is 0 Å². The van der Waals surface area contributed by atoms with Gasteiger partial charge >= 0.3 is 0 Å². The first-order valence-corrected chi connectivity index (χ1v) is 5.35. The summed E-state index contributed by atoms with van der Waals surface area (Å²) in [5.41, 5.74) is -0.853. The lowest BCUT2D eigenvalue weighted by molar-refractivity contribution is -0.0625. The molecule has 0 heterocycles. The summed E-state index contributed by atoms with van der Waals surface area (Å²) in [6.07, 6.45) is 5.23. The Labute approximate surface area is 95.6 Å². The third-order valence-electron chi connectivity index (χ3n) is 3.28. The third kappa shape index (κ3) is 1.60. The molecule has 1 aromatic carbocycles. The lowest BCUT2D eigenvalue weighted by Gasteiger charge is -2.40. The molecule has 2 heteroatoms. The minimum Gasteiger partial charge on any atom is -0.383 e. The minimum absolute atomic E-state index is 0.737. The zero-order chi connectivity index (χ0) is 11.8. The van der Waals surface area contributed by atoms with Crippen molar-refractivity contribution in [2.24, 2.45) is 0 Å². The summed E-state index contributed by atoms with van der Waals surface area (Å²) in [5.74, 6) is 0. The van der Waals surface area contributed by atoms with Crippen molar-refractivity contribution in [3.63, 3.8) is 0 Å². The molecule has 0 fully saturated rings. The van der Waals surface area contributed by atoms with E-state index in [4.69, 9.17) is 0 Å². The number of allylic oxidation sites excluding steroid dienone is 2. The second kappa shape index (κ2) is 3.58. The molecule has 2 nitrogen and oxygen atoms in total. The molecule has 2 N–H and O–H groups in total. The standard InChI is InChI=1S/C14H16O2/c1-13(15)10-6-9-12(14(13,2)16)11-7-4-3-5-8-11/h3-10,15-16H,1-2H3/t13-,14+/m1/s1. The molecule has 84 valence electrons. The molecule has 0 unspecified atom stereocenters. The van der Waals surface area contributed by atoms with Gasteiger partial charge in [-0.2, -0.15) is 0 Å². The molecule has 0 aromatic heterocycles. The van der Waals surface area contributed by atoms with Gasteiger partial charge in [-0.3, -0.25) is 0 Å². The van der Waals surface area contributed by atoms with Crippen LogP contribution in [0.25, 0.3) is 5.57 Å². The first kappa shape index (κ1) is 11.1. The predicted octanol–water partition coefficient (Wildman–Crippen LogP) is 2.14. The summed E-state index contributed by atoms with van der Waals surface area (Å²) in [7, 11) is 0. The van der Waals surface area contributed by atoms with E-state index in [9.17, 15) is 10.2 Å². The largest absolute Gasteiger partial charge is 0.383 e. The zero-order valence-electron chi connectivity index (χ0n) is 9.51. The van der Waals surface area contributed by atoms with Gasteiger partial charge in [0.1, 0.15) is 11.2 Å². The molecule has 0 aliphatic heterocycles. The highest BCUT2D eigenvalue weighted by Crippen LogP contribution is 2.39. The van der Waals surface area contributed by atoms with Gasteiger partial charge in [0, 0.05) is 0 Å². The van der Waals surface area contributed by atoms with E-state index >= 15 is 0 Å². The summed E-state index contributed by atoms with van der Waals surface area (Å²) >= 11 is 0. The number of rotatable bonds is 1. The highest BCUT2D eigenvalue weighted by Gasteiger charge is 2.44. The molecule has 1 aliphatic rings. The van der Waals surface area contributed by atoms with Crippen LogP contribution in [0.4, 0.5) is 0 Å². The molecular weight excluding hydrogens is 200 g/mol. The van der Waals surface area contributed by atoms with E-state index in [1.165, 1.54) is 0 Å². The van der Waals surface area contributed by atoms with Crippen LogP contribution in [0.1, 0.15) is 19.4 Å². The minimum atomic E-state index is -1.27. The Bertz CT molecular complexity index is 439. The van der Waals surface area contributed by atoms with E-state index in [1.54, 1.807) is 26.0 Å². The Morgan fingerprint density at radius 1 is 1.00 bits per heavy atom. The Balaban J connectivity index is 2.51. The van der Waals surface area contributed by atoms with Crippen molar-refractivity contribution in [3.05, 3.63) is 54.1 Å². The van der Waals surface area contributed by atoms with Crippen molar-refractivity contribution in [2.45, 2.75) is 25.0 Å². The molecule has 0 amide bonds. The van der Waals surface area contributed by atoms with Gasteiger partial charge in [-0.1, -0.05) is 48.6 Å². The van der Waals surface area contributed by atoms with Crippen molar-refractivity contribution < 1.29 is 10.2 Å². The van der Waals surface area contributed by atoms with E-state index in [1.807, 2.05) is 36.4 Å². The Kier molecular flexibility index (Phi) is 2.49. The summed E-state index contributed by atoms with van der Waals surface area (Å²) in [6.45, 7) is 3.24. The fourth-order valence-corrected chi connectivity index (χ4v) is 1.92. The van der Waals surface area contributed by atoms with E-state index in [2.05, 4.69) is 0 Å². The second-order valence-corrected chi connectivity index (χ2v) is 4.53. The molecule has 0 radical (unpaired) electrons. The molecule has 1 aliphatic carbocycles. The first-order valence-electron chi connectivity index (χ1n) is 5.35. The molecule has 2 rings (SSSR count). The monoisotopic (exact) mass is 216 g/mol. The highest BCUT2D eigenvalue weighted by molar-refractivity contribution is 5.76. The van der Waals surface area contributed by atoms with Crippen molar-refractivity contribution in [2.75, 3.05) is 0 Å². The number of hydrogen-bond donors (Lipinski definition) is 2. The van der Waals surface area contributed by atoms with Crippen LogP contribution in [0, 0.1) is 0 Å². The normalized spacial score (nSPS) is 33.6. The van der Waals surface area contributed by atoms with E-state index in [-0.39, 0.29) is 0 Å². The average Bonchev–Trinajstić information content (AvgIpc) is 2.23. The van der Waals surface area contributed by atoms with E-state index in [0.717, 1.165) is 11.1 Å². The molecular formula is C14H16O2. The maximum Gasteiger partial charge on any atom is 0.119 e. The highest BCUT2D eigenvalue weighted by atomic mass is 16.4. The summed E-state index contributed by atoms with van der Waals surface area (Å²) in [5, 5.41) is 20.6. The Hall–Kier alpha value is -1.38. The fourth-order valence-electron chi connectivity index (χ4n) is 1.92. The summed E-state index contributed by atoms with van der Waals surface area (Å²) in [6, 6.07) is 9.61. The van der Waals surface area contributed by atoms with Gasteiger partial charge in [0.25, 0.3) is 0 Å². The van der Waals surface area contributed by atoms with Crippen LogP contribution in [0.3, 0.4) is 0 Å². The fraction of sp³-hybridized carbons (Fsp3) is 0.286. The predicted molar refractivity (Wildman–Crippen MR) is 64.8 cm³/mol. The topological polar surface area (TPSA) is 40.5 Å². The summed E-state index contributed by atoms with van der Waals surface area (Å²) in [4.78, 5) is 0. The van der Waals surface area contributed by atoms with Crippen molar-refractivity contribution >= 4 is 5.57 Å². The molecule has 16 heavy (non-hydrogen) atoms. The molecule has 0 saturated heterocycles. The molecule has 0 bridgehead atoms. The molecule has 1 aromatic rings. The van der Waals surface area contributed by atoms with Gasteiger partial charge in [-0.25, -0.2) is 0 Å². The first-order chi connectivity index (χ1) is 7.45. The number of benzene rings is 1. The maximum atomic E-state index is 10.4. The molecule has 2 atom stereocenters. The molecule has 0 spiro atoms. The zero-order valence-corrected chi connectivity index (χ0v) is 9.51. The van der Waals surface area contributed by atoms with Gasteiger partial charge in [0.15, 0.2) is 0 Å². The Morgan fingerprint density at radius 3 is 2.25 bits per heavy atom. The van der Waals surface area contributed by atoms with Crippen LogP contribution in [0.15, 0.2) is 48.6 Å². The van der Waals surface area contributed by atoms with Crippen LogP contribution in [0.2, 0.25) is 0 Å². The smallest absolute Gasteiger partial charge is 0.119 e. The third-order valence-corrected chi connectivity index (χ3v) is 3.28. The Morgan fingerprint density at radius 2 is 1.62 bits per heavy atom. The van der Waals surface area contributed by atoms with Gasteiger partial charge in [0.05, 0.1) is 0 Å². The maximum absolute atomic E-state index is 10.4. The van der Waals surface area contributed by atoms with Gasteiger partial charge in [-0.05, 0) is 25.0 Å². The quantitative estimate of drug-likeness (QED) is 0.755. The lowest BCUT2D eigenvalue weighted by atomic mass is 9.74. The van der Waals surface area contributed by atoms with Crippen molar-refractivity contribution in [1.82, 2.24) is 0 Å². The second-order valence-electron chi connectivity index (χ2n) is 4.53. The van der Waals surface area contributed by atoms with Crippen molar-refractivity contribution in [1.29, 1.82) is 0 Å². The van der Waals surface area contributed by atoms with Crippen LogP contribution >= 0.6 is 0 Å².